The molecule has 0 amide bonds. The molecule has 0 spiro atoms. The quantitative estimate of drug-likeness (QED) is 0.644. The highest BCUT2D eigenvalue weighted by atomic mass is 19.1. The zero-order chi connectivity index (χ0) is 21.4. The van der Waals surface area contributed by atoms with Gasteiger partial charge in [-0.05, 0) is 78.7 Å². The summed E-state index contributed by atoms with van der Waals surface area (Å²) in [5.74, 6) is 1.51. The fourth-order valence-electron chi connectivity index (χ4n) is 5.24. The van der Waals surface area contributed by atoms with Crippen LogP contribution < -0.4 is 4.74 Å². The summed E-state index contributed by atoms with van der Waals surface area (Å²) in [6, 6.07) is 14.5. The van der Waals surface area contributed by atoms with Gasteiger partial charge in [-0.2, -0.15) is 0 Å². The van der Waals surface area contributed by atoms with E-state index in [0.29, 0.717) is 11.8 Å². The average Bonchev–Trinajstić information content (AvgIpc) is 2.82. The Kier molecular flexibility index (Phi) is 5.47. The highest BCUT2D eigenvalue weighted by Crippen LogP contribution is 2.42. The highest BCUT2D eigenvalue weighted by Gasteiger charge is 2.42. The zero-order valence-corrected chi connectivity index (χ0v) is 17.6. The van der Waals surface area contributed by atoms with Gasteiger partial charge in [0.15, 0.2) is 0 Å². The van der Waals surface area contributed by atoms with Crippen LogP contribution in [0.1, 0.15) is 30.1 Å². The number of hydrogen-bond donors (Lipinski definition) is 1. The SMILES string of the molecule is COc1ccc2nccc([C@@H](O)[C@H]3C[C@H]4CCN3C[C@@H]4/C=C/c3cccc(F)c3)c2c1. The van der Waals surface area contributed by atoms with Gasteiger partial charge in [-0.3, -0.25) is 9.88 Å². The second-order valence-corrected chi connectivity index (χ2v) is 8.65. The molecule has 3 saturated heterocycles. The molecule has 4 nitrogen and oxygen atoms in total. The molecular weight excluding hydrogens is 391 g/mol. The number of aliphatic hydroxyl groups is 1. The number of aliphatic hydroxyl groups excluding tert-OH is 1. The van der Waals surface area contributed by atoms with Crippen LogP contribution in [0, 0.1) is 17.7 Å². The molecule has 1 aromatic heterocycles. The fraction of sp³-hybridized carbons (Fsp3) is 0.346. The van der Waals surface area contributed by atoms with Crippen LogP contribution in [-0.2, 0) is 0 Å². The third kappa shape index (κ3) is 3.95. The molecule has 0 aliphatic carbocycles. The summed E-state index contributed by atoms with van der Waals surface area (Å²) in [5, 5.41) is 12.3. The van der Waals surface area contributed by atoms with E-state index < -0.39 is 6.10 Å². The first-order valence-corrected chi connectivity index (χ1v) is 10.9. The van der Waals surface area contributed by atoms with Crippen molar-refractivity contribution in [2.75, 3.05) is 20.2 Å². The predicted molar refractivity (Wildman–Crippen MR) is 120 cm³/mol. The van der Waals surface area contributed by atoms with Crippen LogP contribution in [0.5, 0.6) is 5.75 Å². The van der Waals surface area contributed by atoms with Gasteiger partial charge in [0.2, 0.25) is 0 Å². The number of hydrogen-bond acceptors (Lipinski definition) is 4. The van der Waals surface area contributed by atoms with Gasteiger partial charge in [0.25, 0.3) is 0 Å². The van der Waals surface area contributed by atoms with Gasteiger partial charge in [0, 0.05) is 24.2 Å². The van der Waals surface area contributed by atoms with Crippen molar-refractivity contribution in [1.29, 1.82) is 0 Å². The van der Waals surface area contributed by atoms with E-state index >= 15 is 0 Å². The standard InChI is InChI=1S/C26H27FN2O2/c1-31-21-7-8-24-23(15-21)22(9-11-28-24)26(30)25-14-18-10-12-29(25)16-19(18)6-5-17-3-2-4-20(27)13-17/h2-9,11,13,15,18-19,25-26,30H,10,12,14,16H2,1H3/b6-5+/t18-,19+,25-,26-/m1/s1. The lowest BCUT2D eigenvalue weighted by molar-refractivity contribution is -0.0444. The molecule has 1 unspecified atom stereocenters. The number of nitrogens with zero attached hydrogens (tertiary/aromatic N) is 2. The topological polar surface area (TPSA) is 45.6 Å². The van der Waals surface area contributed by atoms with E-state index in [9.17, 15) is 9.50 Å². The van der Waals surface area contributed by atoms with Gasteiger partial charge >= 0.3 is 0 Å². The largest absolute Gasteiger partial charge is 0.497 e. The molecule has 6 rings (SSSR count). The molecule has 0 radical (unpaired) electrons. The number of piperidine rings is 3. The van der Waals surface area contributed by atoms with Gasteiger partial charge in [-0.1, -0.05) is 24.3 Å². The van der Waals surface area contributed by atoms with Crippen molar-refractivity contribution in [1.82, 2.24) is 9.88 Å². The molecule has 3 aliphatic heterocycles. The summed E-state index contributed by atoms with van der Waals surface area (Å²) < 4.78 is 18.8. The Morgan fingerprint density at radius 1 is 1.23 bits per heavy atom. The summed E-state index contributed by atoms with van der Waals surface area (Å²) in [5.41, 5.74) is 2.67. The minimum absolute atomic E-state index is 0.0920. The Hall–Kier alpha value is -2.76. The van der Waals surface area contributed by atoms with Crippen LogP contribution in [0.2, 0.25) is 0 Å². The molecule has 3 fully saturated rings. The van der Waals surface area contributed by atoms with E-state index in [1.807, 2.05) is 36.4 Å². The average molecular weight is 419 g/mol. The maximum absolute atomic E-state index is 13.5. The Bertz CT molecular complexity index is 1120. The molecule has 160 valence electrons. The molecule has 5 heteroatoms. The molecule has 31 heavy (non-hydrogen) atoms. The van der Waals surface area contributed by atoms with Gasteiger partial charge in [0.1, 0.15) is 11.6 Å². The van der Waals surface area contributed by atoms with E-state index in [4.69, 9.17) is 4.74 Å². The van der Waals surface area contributed by atoms with Crippen LogP contribution in [0.25, 0.3) is 17.0 Å². The lowest BCUT2D eigenvalue weighted by atomic mass is 9.73. The molecule has 0 saturated carbocycles. The maximum atomic E-state index is 13.5. The molecule has 3 aliphatic rings. The summed E-state index contributed by atoms with van der Waals surface area (Å²) in [4.78, 5) is 6.86. The molecular formula is C26H27FN2O2. The Balaban J connectivity index is 1.36. The third-order valence-electron chi connectivity index (χ3n) is 6.90. The van der Waals surface area contributed by atoms with E-state index in [-0.39, 0.29) is 11.9 Å². The first-order chi connectivity index (χ1) is 15.1. The second kappa shape index (κ2) is 8.40. The molecule has 4 heterocycles. The van der Waals surface area contributed by atoms with Crippen molar-refractivity contribution in [3.63, 3.8) is 0 Å². The van der Waals surface area contributed by atoms with E-state index in [1.165, 1.54) is 6.07 Å². The minimum Gasteiger partial charge on any atom is -0.497 e. The van der Waals surface area contributed by atoms with Crippen molar-refractivity contribution in [3.05, 3.63) is 77.7 Å². The van der Waals surface area contributed by atoms with Crippen LogP contribution in [0.4, 0.5) is 4.39 Å². The van der Waals surface area contributed by atoms with E-state index in [0.717, 1.165) is 53.7 Å². The number of ether oxygens (including phenoxy) is 1. The summed E-state index contributed by atoms with van der Waals surface area (Å²) >= 11 is 0. The number of fused-ring (bicyclic) bond motifs is 4. The van der Waals surface area contributed by atoms with Crippen LogP contribution in [0.3, 0.4) is 0 Å². The Labute approximate surface area is 182 Å². The zero-order valence-electron chi connectivity index (χ0n) is 17.6. The Morgan fingerprint density at radius 2 is 2.13 bits per heavy atom. The second-order valence-electron chi connectivity index (χ2n) is 8.65. The predicted octanol–water partition coefficient (Wildman–Crippen LogP) is 4.84. The van der Waals surface area contributed by atoms with Crippen LogP contribution >= 0.6 is 0 Å². The monoisotopic (exact) mass is 418 g/mol. The van der Waals surface area contributed by atoms with Crippen LogP contribution in [0.15, 0.2) is 60.8 Å². The molecule has 2 bridgehead atoms. The van der Waals surface area contributed by atoms with E-state index in [2.05, 4.69) is 16.0 Å². The lowest BCUT2D eigenvalue weighted by Gasteiger charge is -2.50. The van der Waals surface area contributed by atoms with Crippen molar-refractivity contribution < 1.29 is 14.2 Å². The number of rotatable bonds is 5. The fourth-order valence-corrected chi connectivity index (χ4v) is 5.24. The molecule has 3 aromatic rings. The van der Waals surface area contributed by atoms with Gasteiger partial charge in [0.05, 0.1) is 18.7 Å². The maximum Gasteiger partial charge on any atom is 0.123 e. The van der Waals surface area contributed by atoms with Crippen molar-refractivity contribution in [2.45, 2.75) is 25.0 Å². The number of pyridine rings is 1. The lowest BCUT2D eigenvalue weighted by Crippen LogP contribution is -2.54. The first-order valence-electron chi connectivity index (χ1n) is 10.9. The van der Waals surface area contributed by atoms with E-state index in [1.54, 1.807) is 25.4 Å². The highest BCUT2D eigenvalue weighted by molar-refractivity contribution is 5.84. The summed E-state index contributed by atoms with van der Waals surface area (Å²) in [6.45, 7) is 1.92. The van der Waals surface area contributed by atoms with Crippen LogP contribution in [-0.4, -0.2) is 41.2 Å². The smallest absolute Gasteiger partial charge is 0.123 e. The minimum atomic E-state index is -0.575. The number of benzene rings is 2. The normalized spacial score (nSPS) is 26.4. The van der Waals surface area contributed by atoms with Gasteiger partial charge in [-0.15, -0.1) is 0 Å². The van der Waals surface area contributed by atoms with Crippen molar-refractivity contribution in [3.8, 4) is 5.75 Å². The third-order valence-corrected chi connectivity index (χ3v) is 6.90. The first kappa shape index (κ1) is 20.2. The van der Waals surface area contributed by atoms with Gasteiger partial charge in [-0.25, -0.2) is 4.39 Å². The molecule has 1 N–H and O–H groups in total. The number of aromatic nitrogens is 1. The van der Waals surface area contributed by atoms with Gasteiger partial charge < -0.3 is 9.84 Å². The van der Waals surface area contributed by atoms with Crippen molar-refractivity contribution in [2.24, 2.45) is 11.8 Å². The Morgan fingerprint density at radius 3 is 2.90 bits per heavy atom. The molecule has 2 aromatic carbocycles. The van der Waals surface area contributed by atoms with Crippen molar-refractivity contribution >= 4 is 17.0 Å². The summed E-state index contributed by atoms with van der Waals surface area (Å²) in [7, 11) is 1.65. The molecule has 5 atom stereocenters. The number of methoxy groups -OCH3 is 1. The number of halogens is 1. The summed E-state index contributed by atoms with van der Waals surface area (Å²) in [6.07, 6.45) is 7.53.